The number of aromatic nitrogens is 1. The zero-order valence-corrected chi connectivity index (χ0v) is 11.8. The van der Waals surface area contributed by atoms with Crippen molar-refractivity contribution in [3.63, 3.8) is 0 Å². The van der Waals surface area contributed by atoms with Gasteiger partial charge in [0.2, 0.25) is 0 Å². The molecule has 0 unspecified atom stereocenters. The number of nitrogens with zero attached hydrogens (tertiary/aromatic N) is 1. The van der Waals surface area contributed by atoms with E-state index in [1.807, 2.05) is 13.8 Å². The highest BCUT2D eigenvalue weighted by atomic mass is 35.7. The van der Waals surface area contributed by atoms with Gasteiger partial charge in [-0.15, -0.1) is 0 Å². The second-order valence-electron chi connectivity index (χ2n) is 3.95. The highest BCUT2D eigenvalue weighted by molar-refractivity contribution is 8.13. The normalized spacial score (nSPS) is 12.2. The van der Waals surface area contributed by atoms with Crippen molar-refractivity contribution in [2.75, 3.05) is 0 Å². The number of hydrogen-bond acceptors (Lipinski definition) is 3. The zero-order valence-electron chi connectivity index (χ0n) is 9.51. The summed E-state index contributed by atoms with van der Waals surface area (Å²) in [6, 6.07) is 0. The Morgan fingerprint density at radius 3 is 2.12 bits per heavy atom. The maximum Gasteiger partial charge on any atom is 0.264 e. The molecule has 0 saturated carbocycles. The first kappa shape index (κ1) is 13.7. The molecule has 0 aliphatic heterocycles. The summed E-state index contributed by atoms with van der Waals surface area (Å²) in [6.45, 7) is 7.44. The van der Waals surface area contributed by atoms with Gasteiger partial charge in [0, 0.05) is 16.4 Å². The van der Waals surface area contributed by atoms with E-state index in [9.17, 15) is 8.42 Å². The van der Waals surface area contributed by atoms with E-state index in [0.29, 0.717) is 5.56 Å². The van der Waals surface area contributed by atoms with E-state index in [0.717, 1.165) is 11.3 Å². The predicted molar refractivity (Wildman–Crippen MR) is 65.8 cm³/mol. The van der Waals surface area contributed by atoms with E-state index >= 15 is 0 Å². The van der Waals surface area contributed by atoms with Gasteiger partial charge < -0.3 is 0 Å². The van der Waals surface area contributed by atoms with Crippen LogP contribution >= 0.6 is 22.3 Å². The van der Waals surface area contributed by atoms with E-state index in [4.69, 9.17) is 22.3 Å². The molecular formula is C10H13Cl2NO2S. The minimum Gasteiger partial charge on any atom is -0.240 e. The molecule has 90 valence electrons. The number of rotatable bonds is 2. The Kier molecular flexibility index (Phi) is 3.87. The lowest BCUT2D eigenvalue weighted by Gasteiger charge is -2.16. The molecule has 0 amide bonds. The molecule has 6 heteroatoms. The summed E-state index contributed by atoms with van der Waals surface area (Å²) in [4.78, 5) is 3.95. The lowest BCUT2D eigenvalue weighted by molar-refractivity contribution is 0.608. The first-order chi connectivity index (χ1) is 7.16. The van der Waals surface area contributed by atoms with Crippen LogP contribution in [0.4, 0.5) is 0 Å². The van der Waals surface area contributed by atoms with Gasteiger partial charge in [0.1, 0.15) is 10.0 Å². The second-order valence-corrected chi connectivity index (χ2v) is 6.81. The van der Waals surface area contributed by atoms with Crippen LogP contribution < -0.4 is 0 Å². The summed E-state index contributed by atoms with van der Waals surface area (Å²) in [7, 11) is 1.49. The topological polar surface area (TPSA) is 47.0 Å². The summed E-state index contributed by atoms with van der Waals surface area (Å²) < 4.78 is 22.8. The van der Waals surface area contributed by atoms with Crippen molar-refractivity contribution in [1.82, 2.24) is 4.98 Å². The fourth-order valence-corrected chi connectivity index (χ4v) is 3.92. The quantitative estimate of drug-likeness (QED) is 0.617. The van der Waals surface area contributed by atoms with Crippen LogP contribution in [0.5, 0.6) is 0 Å². The third-order valence-electron chi connectivity index (χ3n) is 2.41. The Balaban J connectivity index is 3.72. The summed E-state index contributed by atoms with van der Waals surface area (Å²) >= 11 is 5.82. The zero-order chi connectivity index (χ0) is 12.7. The van der Waals surface area contributed by atoms with E-state index in [1.54, 1.807) is 13.8 Å². The van der Waals surface area contributed by atoms with Gasteiger partial charge in [-0.2, -0.15) is 0 Å². The van der Waals surface area contributed by atoms with E-state index in [-0.39, 0.29) is 16.0 Å². The first-order valence-corrected chi connectivity index (χ1v) is 7.46. The molecule has 0 saturated heterocycles. The van der Waals surface area contributed by atoms with Gasteiger partial charge in [-0.05, 0) is 30.9 Å². The van der Waals surface area contributed by atoms with Gasteiger partial charge in [-0.25, -0.2) is 13.4 Å². The molecule has 0 spiro atoms. The van der Waals surface area contributed by atoms with Gasteiger partial charge in [0.15, 0.2) is 0 Å². The average Bonchev–Trinajstić information content (AvgIpc) is 1.97. The smallest absolute Gasteiger partial charge is 0.240 e. The minimum atomic E-state index is -3.86. The van der Waals surface area contributed by atoms with Crippen LogP contribution in [0.3, 0.4) is 0 Å². The summed E-state index contributed by atoms with van der Waals surface area (Å²) in [5, 5.41) is -0.0607. The van der Waals surface area contributed by atoms with Crippen LogP contribution in [-0.2, 0) is 9.05 Å². The van der Waals surface area contributed by atoms with Crippen LogP contribution in [0.2, 0.25) is 5.15 Å². The van der Waals surface area contributed by atoms with Gasteiger partial charge in [0.25, 0.3) is 9.05 Å². The van der Waals surface area contributed by atoms with E-state index in [1.165, 1.54) is 0 Å². The number of aryl methyl sites for hydroxylation is 1. The molecule has 0 aliphatic carbocycles. The minimum absolute atomic E-state index is 0.0607. The molecule has 0 atom stereocenters. The highest BCUT2D eigenvalue weighted by Gasteiger charge is 2.24. The van der Waals surface area contributed by atoms with Crippen molar-refractivity contribution in [3.8, 4) is 0 Å². The largest absolute Gasteiger partial charge is 0.264 e. The fraction of sp³-hybridized carbons (Fsp3) is 0.500. The van der Waals surface area contributed by atoms with Crippen LogP contribution in [0.25, 0.3) is 0 Å². The number of hydrogen-bond donors (Lipinski definition) is 0. The summed E-state index contributed by atoms with van der Waals surface area (Å²) in [6.07, 6.45) is 0. The van der Waals surface area contributed by atoms with Crippen molar-refractivity contribution < 1.29 is 8.42 Å². The van der Waals surface area contributed by atoms with Crippen LogP contribution in [-0.4, -0.2) is 13.4 Å². The van der Waals surface area contributed by atoms with Gasteiger partial charge in [-0.1, -0.05) is 25.4 Å². The molecule has 3 nitrogen and oxygen atoms in total. The third-order valence-corrected chi connectivity index (χ3v) is 4.24. The summed E-state index contributed by atoms with van der Waals surface area (Å²) in [5.74, 6) is 0.168. The molecule has 0 aliphatic rings. The SMILES string of the molecule is Cc1nc(Cl)c(S(=O)(=O)Cl)c(C)c1C(C)C. The lowest BCUT2D eigenvalue weighted by atomic mass is 9.97. The number of pyridine rings is 1. The molecule has 0 aromatic carbocycles. The second kappa shape index (κ2) is 4.51. The molecule has 0 radical (unpaired) electrons. The molecule has 1 aromatic heterocycles. The van der Waals surface area contributed by atoms with Gasteiger partial charge in [0.05, 0.1) is 0 Å². The molecule has 0 N–H and O–H groups in total. The highest BCUT2D eigenvalue weighted by Crippen LogP contribution is 2.33. The van der Waals surface area contributed by atoms with Gasteiger partial charge in [-0.3, -0.25) is 0 Å². The molecule has 0 bridgehead atoms. The first-order valence-electron chi connectivity index (χ1n) is 4.77. The predicted octanol–water partition coefficient (Wildman–Crippen LogP) is 3.40. The molecule has 1 rings (SSSR count). The monoisotopic (exact) mass is 281 g/mol. The van der Waals surface area contributed by atoms with Crippen LogP contribution in [0, 0.1) is 13.8 Å². The molecule has 1 heterocycles. The van der Waals surface area contributed by atoms with E-state index < -0.39 is 9.05 Å². The Morgan fingerprint density at radius 1 is 1.25 bits per heavy atom. The number of halogens is 2. The molecule has 16 heavy (non-hydrogen) atoms. The van der Waals surface area contributed by atoms with Gasteiger partial charge >= 0.3 is 0 Å². The molecular weight excluding hydrogens is 269 g/mol. The van der Waals surface area contributed by atoms with Crippen molar-refractivity contribution in [3.05, 3.63) is 22.0 Å². The Morgan fingerprint density at radius 2 is 1.75 bits per heavy atom. The van der Waals surface area contributed by atoms with Crippen molar-refractivity contribution in [2.45, 2.75) is 38.5 Å². The fourth-order valence-electron chi connectivity index (χ4n) is 1.94. The Bertz CT molecular complexity index is 524. The maximum absolute atomic E-state index is 11.4. The maximum atomic E-state index is 11.4. The van der Waals surface area contributed by atoms with Crippen molar-refractivity contribution >= 4 is 31.3 Å². The average molecular weight is 282 g/mol. The molecule has 0 fully saturated rings. The summed E-state index contributed by atoms with van der Waals surface area (Å²) in [5.41, 5.74) is 2.20. The van der Waals surface area contributed by atoms with E-state index in [2.05, 4.69) is 4.98 Å². The molecule has 1 aromatic rings. The standard InChI is InChI=1S/C10H13Cl2NO2S/c1-5(2)8-6(3)9(16(12,14)15)10(11)13-7(8)4/h5H,1-4H3. The third kappa shape index (κ3) is 2.50. The van der Waals surface area contributed by atoms with Crippen molar-refractivity contribution in [2.24, 2.45) is 0 Å². The Labute approximate surface area is 105 Å². The van der Waals surface area contributed by atoms with Crippen molar-refractivity contribution in [1.29, 1.82) is 0 Å². The van der Waals surface area contributed by atoms with Crippen LogP contribution in [0.1, 0.15) is 36.6 Å². The van der Waals surface area contributed by atoms with Crippen LogP contribution in [0.15, 0.2) is 4.90 Å². The Hall–Kier alpha value is -0.320. The lowest BCUT2D eigenvalue weighted by Crippen LogP contribution is -2.06.